The monoisotopic (exact) mass is 302 g/mol. The topological polar surface area (TPSA) is 64.3 Å². The zero-order valence-corrected chi connectivity index (χ0v) is 12.4. The molecule has 0 aliphatic rings. The Morgan fingerprint density at radius 2 is 1.81 bits per heavy atom. The maximum absolute atomic E-state index is 11.7. The molecule has 0 aliphatic heterocycles. The first-order valence-electron chi connectivity index (χ1n) is 6.67. The maximum Gasteiger partial charge on any atom is 0.230 e. The largest absolute Gasteiger partial charge is 0.490 e. The van der Waals surface area contributed by atoms with Crippen LogP contribution in [0.1, 0.15) is 0 Å². The zero-order valence-electron chi connectivity index (χ0n) is 11.6. The highest BCUT2D eigenvalue weighted by Crippen LogP contribution is 2.19. The summed E-state index contributed by atoms with van der Waals surface area (Å²) >= 11 is 1.51. The summed E-state index contributed by atoms with van der Waals surface area (Å²) in [4.78, 5) is 12.8. The Morgan fingerprint density at radius 1 is 1.10 bits per heavy atom. The summed E-state index contributed by atoms with van der Waals surface area (Å²) in [7, 11) is 0. The molecule has 2 aromatic carbocycles. The van der Waals surface area contributed by atoms with Crippen molar-refractivity contribution >= 4 is 23.4 Å². The molecule has 0 bridgehead atoms. The molecule has 0 atom stereocenters. The van der Waals surface area contributed by atoms with Crippen LogP contribution in [-0.4, -0.2) is 24.8 Å². The fourth-order valence-corrected chi connectivity index (χ4v) is 2.43. The molecular formula is C16H18N2O2S. The third kappa shape index (κ3) is 5.39. The van der Waals surface area contributed by atoms with Gasteiger partial charge in [0.15, 0.2) is 0 Å². The summed E-state index contributed by atoms with van der Waals surface area (Å²) in [5.74, 6) is 1.04. The Morgan fingerprint density at radius 3 is 2.57 bits per heavy atom. The molecule has 0 aromatic heterocycles. The number of carbonyl (C=O) groups is 1. The highest BCUT2D eigenvalue weighted by atomic mass is 32.2. The van der Waals surface area contributed by atoms with Gasteiger partial charge in [-0.3, -0.25) is 4.79 Å². The Bertz CT molecular complexity index is 575. The van der Waals surface area contributed by atoms with Crippen molar-refractivity contribution in [1.82, 2.24) is 5.32 Å². The average Bonchev–Trinajstić information content (AvgIpc) is 2.52. The van der Waals surface area contributed by atoms with Crippen LogP contribution in [0.5, 0.6) is 5.75 Å². The first kappa shape index (κ1) is 15.3. The van der Waals surface area contributed by atoms with E-state index in [4.69, 9.17) is 10.5 Å². The van der Waals surface area contributed by atoms with Crippen LogP contribution in [0.3, 0.4) is 0 Å². The first-order valence-corrected chi connectivity index (χ1v) is 7.66. The second kappa shape index (κ2) is 8.21. The molecule has 0 saturated heterocycles. The normalized spacial score (nSPS) is 10.1. The SMILES string of the molecule is Nc1ccccc1OCCNC(=O)CSc1ccccc1. The number of hydrogen-bond donors (Lipinski definition) is 2. The fraction of sp³-hybridized carbons (Fsp3) is 0.188. The van der Waals surface area contributed by atoms with E-state index in [0.717, 1.165) is 4.90 Å². The molecule has 5 heteroatoms. The molecule has 0 aliphatic carbocycles. The van der Waals surface area contributed by atoms with Crippen molar-refractivity contribution < 1.29 is 9.53 Å². The van der Waals surface area contributed by atoms with Gasteiger partial charge in [0.25, 0.3) is 0 Å². The molecule has 110 valence electrons. The Balaban J connectivity index is 1.62. The molecule has 4 nitrogen and oxygen atoms in total. The first-order chi connectivity index (χ1) is 10.3. The predicted octanol–water partition coefficient (Wildman–Crippen LogP) is 2.56. The summed E-state index contributed by atoms with van der Waals surface area (Å²) < 4.78 is 5.50. The molecule has 0 unspecified atom stereocenters. The Labute approximate surface area is 128 Å². The second-order valence-corrected chi connectivity index (χ2v) is 5.39. The van der Waals surface area contributed by atoms with E-state index < -0.39 is 0 Å². The predicted molar refractivity (Wildman–Crippen MR) is 86.5 cm³/mol. The molecule has 2 aromatic rings. The van der Waals surface area contributed by atoms with Gasteiger partial charge in [-0.2, -0.15) is 0 Å². The molecule has 2 rings (SSSR count). The van der Waals surface area contributed by atoms with Crippen LogP contribution in [0.4, 0.5) is 5.69 Å². The van der Waals surface area contributed by atoms with E-state index in [0.29, 0.717) is 30.3 Å². The molecule has 21 heavy (non-hydrogen) atoms. The van der Waals surface area contributed by atoms with E-state index in [1.165, 1.54) is 11.8 Å². The quantitative estimate of drug-likeness (QED) is 0.469. The molecular weight excluding hydrogens is 284 g/mol. The van der Waals surface area contributed by atoms with E-state index in [-0.39, 0.29) is 5.91 Å². The molecule has 1 amide bonds. The van der Waals surface area contributed by atoms with Crippen LogP contribution < -0.4 is 15.8 Å². The number of rotatable bonds is 7. The lowest BCUT2D eigenvalue weighted by Crippen LogP contribution is -2.29. The lowest BCUT2D eigenvalue weighted by Gasteiger charge is -2.09. The van der Waals surface area contributed by atoms with Gasteiger partial charge in [-0.1, -0.05) is 30.3 Å². The van der Waals surface area contributed by atoms with Crippen molar-refractivity contribution in [2.75, 3.05) is 24.6 Å². The van der Waals surface area contributed by atoms with Crippen molar-refractivity contribution in [3.05, 3.63) is 54.6 Å². The third-order valence-electron chi connectivity index (χ3n) is 2.71. The number of nitrogens with two attached hydrogens (primary N) is 1. The van der Waals surface area contributed by atoms with Crippen LogP contribution >= 0.6 is 11.8 Å². The molecule has 0 heterocycles. The van der Waals surface area contributed by atoms with Gasteiger partial charge >= 0.3 is 0 Å². The van der Waals surface area contributed by atoms with E-state index in [1.54, 1.807) is 6.07 Å². The van der Waals surface area contributed by atoms with Crippen LogP contribution in [0.15, 0.2) is 59.5 Å². The lowest BCUT2D eigenvalue weighted by molar-refractivity contribution is -0.118. The Hall–Kier alpha value is -2.14. The average molecular weight is 302 g/mol. The fourth-order valence-electron chi connectivity index (χ4n) is 1.68. The minimum atomic E-state index is -0.00603. The highest BCUT2D eigenvalue weighted by molar-refractivity contribution is 8.00. The second-order valence-electron chi connectivity index (χ2n) is 4.34. The maximum atomic E-state index is 11.7. The van der Waals surface area contributed by atoms with Crippen molar-refractivity contribution in [2.45, 2.75) is 4.90 Å². The summed E-state index contributed by atoms with van der Waals surface area (Å²) in [6.07, 6.45) is 0. The number of benzene rings is 2. The molecule has 0 radical (unpaired) electrons. The van der Waals surface area contributed by atoms with Gasteiger partial charge in [0, 0.05) is 4.90 Å². The molecule has 0 fully saturated rings. The van der Waals surface area contributed by atoms with Crippen LogP contribution in [0.2, 0.25) is 0 Å². The zero-order chi connectivity index (χ0) is 14.9. The van der Waals surface area contributed by atoms with E-state index in [9.17, 15) is 4.79 Å². The standard InChI is InChI=1S/C16H18N2O2S/c17-14-8-4-5-9-15(14)20-11-10-18-16(19)12-21-13-6-2-1-3-7-13/h1-9H,10-12,17H2,(H,18,19). The Kier molecular flexibility index (Phi) is 5.97. The lowest BCUT2D eigenvalue weighted by atomic mass is 10.3. The summed E-state index contributed by atoms with van der Waals surface area (Å²) in [6.45, 7) is 0.860. The number of ether oxygens (including phenoxy) is 1. The van der Waals surface area contributed by atoms with Crippen molar-refractivity contribution in [1.29, 1.82) is 0 Å². The number of nitrogens with one attached hydrogen (secondary N) is 1. The summed E-state index contributed by atoms with van der Waals surface area (Å²) in [6, 6.07) is 17.1. The number of thioether (sulfide) groups is 1. The van der Waals surface area contributed by atoms with E-state index in [2.05, 4.69) is 5.32 Å². The van der Waals surface area contributed by atoms with Crippen LogP contribution in [0, 0.1) is 0 Å². The van der Waals surface area contributed by atoms with Gasteiger partial charge in [0.05, 0.1) is 18.0 Å². The van der Waals surface area contributed by atoms with Crippen molar-refractivity contribution in [3.8, 4) is 5.75 Å². The number of nitrogen functional groups attached to an aromatic ring is 1. The molecule has 0 spiro atoms. The minimum Gasteiger partial charge on any atom is -0.490 e. The van der Waals surface area contributed by atoms with Gasteiger partial charge in [-0.05, 0) is 24.3 Å². The van der Waals surface area contributed by atoms with Gasteiger partial charge in [-0.25, -0.2) is 0 Å². The number of anilines is 1. The third-order valence-corrected chi connectivity index (χ3v) is 3.73. The minimum absolute atomic E-state index is 0.00603. The highest BCUT2D eigenvalue weighted by Gasteiger charge is 2.03. The smallest absolute Gasteiger partial charge is 0.230 e. The van der Waals surface area contributed by atoms with Crippen LogP contribution in [0.25, 0.3) is 0 Å². The van der Waals surface area contributed by atoms with E-state index in [1.807, 2.05) is 48.5 Å². The van der Waals surface area contributed by atoms with Crippen molar-refractivity contribution in [3.63, 3.8) is 0 Å². The van der Waals surface area contributed by atoms with Crippen molar-refractivity contribution in [2.24, 2.45) is 0 Å². The molecule has 0 saturated carbocycles. The van der Waals surface area contributed by atoms with Gasteiger partial charge in [0.2, 0.25) is 5.91 Å². The van der Waals surface area contributed by atoms with E-state index >= 15 is 0 Å². The summed E-state index contributed by atoms with van der Waals surface area (Å²) in [5, 5.41) is 2.82. The number of amides is 1. The molecule has 3 N–H and O–H groups in total. The summed E-state index contributed by atoms with van der Waals surface area (Å²) in [5.41, 5.74) is 6.36. The van der Waals surface area contributed by atoms with Gasteiger partial charge in [0.1, 0.15) is 12.4 Å². The van der Waals surface area contributed by atoms with Gasteiger partial charge in [-0.15, -0.1) is 11.8 Å². The number of carbonyl (C=O) groups excluding carboxylic acids is 1. The number of para-hydroxylation sites is 2. The van der Waals surface area contributed by atoms with Gasteiger partial charge < -0.3 is 15.8 Å². The van der Waals surface area contributed by atoms with Crippen LogP contribution in [-0.2, 0) is 4.79 Å². The number of hydrogen-bond acceptors (Lipinski definition) is 4.